The van der Waals surface area contributed by atoms with Crippen LogP contribution in [0.1, 0.15) is 20.8 Å². The van der Waals surface area contributed by atoms with Gasteiger partial charge in [0, 0.05) is 0 Å². The minimum absolute atomic E-state index is 0.168. The van der Waals surface area contributed by atoms with E-state index in [-0.39, 0.29) is 36.8 Å². The van der Waals surface area contributed by atoms with Crippen molar-refractivity contribution in [3.63, 3.8) is 0 Å². The number of thioether (sulfide) groups is 2. The van der Waals surface area contributed by atoms with Crippen molar-refractivity contribution in [2.24, 2.45) is 0 Å². The Bertz CT molecular complexity index is 116. The van der Waals surface area contributed by atoms with Crippen LogP contribution in [0.4, 0.5) is 0 Å². The average Bonchev–Trinajstić information content (AvgIpc) is 2.29. The summed E-state index contributed by atoms with van der Waals surface area (Å²) in [5.74, 6) is 3.92. The van der Waals surface area contributed by atoms with Gasteiger partial charge < -0.3 is 0 Å². The molecule has 0 nitrogen and oxygen atoms in total. The van der Waals surface area contributed by atoms with Crippen LogP contribution in [-0.2, 0) is 0 Å². The summed E-state index contributed by atoms with van der Waals surface area (Å²) in [6, 6.07) is 0. The molecule has 0 rings (SSSR count). The van der Waals surface area contributed by atoms with Crippen molar-refractivity contribution in [3.8, 4) is 0 Å². The monoisotopic (exact) mass is 546 g/mol. The van der Waals surface area contributed by atoms with E-state index in [1.54, 1.807) is 0 Å². The Kier molecular flexibility index (Phi) is 20.6. The van der Waals surface area contributed by atoms with Crippen LogP contribution in [-0.4, -0.2) is 63.0 Å². The molecule has 16 heavy (non-hydrogen) atoms. The Labute approximate surface area is 141 Å². The summed E-state index contributed by atoms with van der Waals surface area (Å²) in [4.78, 5) is 0. The van der Waals surface area contributed by atoms with Crippen molar-refractivity contribution in [2.75, 3.05) is 22.3 Å². The summed E-state index contributed by atoms with van der Waals surface area (Å²) in [5, 5.41) is 1.30. The zero-order valence-corrected chi connectivity index (χ0v) is 20.5. The van der Waals surface area contributed by atoms with Crippen molar-refractivity contribution in [1.82, 2.24) is 0 Å². The van der Waals surface area contributed by atoms with Gasteiger partial charge in [-0.05, 0) is 0 Å². The molecule has 0 heterocycles. The van der Waals surface area contributed by atoms with Crippen LogP contribution in [0.3, 0.4) is 0 Å². The molecule has 0 amide bonds. The van der Waals surface area contributed by atoms with E-state index in [1.807, 2.05) is 0 Å². The fourth-order valence-corrected chi connectivity index (χ4v) is 42.0. The van der Waals surface area contributed by atoms with Crippen LogP contribution in [0.2, 0.25) is 0 Å². The molecule has 8 heteroatoms. The van der Waals surface area contributed by atoms with Crippen molar-refractivity contribution in [1.29, 1.82) is 0 Å². The van der Waals surface area contributed by atoms with Gasteiger partial charge in [0.15, 0.2) is 0 Å². The van der Waals surface area contributed by atoms with E-state index in [9.17, 15) is 0 Å². The van der Waals surface area contributed by atoms with Gasteiger partial charge in [-0.25, -0.2) is 0 Å². The predicted molar refractivity (Wildman–Crippen MR) is 97.3 cm³/mol. The molecule has 0 aromatic heterocycles. The van der Waals surface area contributed by atoms with Gasteiger partial charge in [-0.2, -0.15) is 0 Å². The van der Waals surface area contributed by atoms with Crippen molar-refractivity contribution >= 4 is 96.1 Å². The van der Waals surface area contributed by atoms with Crippen LogP contribution >= 0.6 is 59.3 Å². The van der Waals surface area contributed by atoms with Gasteiger partial charge in [0.05, 0.1) is 0 Å². The maximum absolute atomic E-state index is 2.32. The number of rotatable bonds is 12. The molecule has 0 fully saturated rings. The quantitative estimate of drug-likeness (QED) is 0.196. The molecular formula is C8H18S6Sn2. The summed E-state index contributed by atoms with van der Waals surface area (Å²) in [7, 11) is 9.10. The molecule has 0 spiro atoms. The third-order valence-electron chi connectivity index (χ3n) is 1.19. The number of hydrogen-bond donors (Lipinski definition) is 0. The molecule has 0 aromatic rings. The van der Waals surface area contributed by atoms with Crippen LogP contribution in [0, 0.1) is 0 Å². The van der Waals surface area contributed by atoms with Gasteiger partial charge in [0.1, 0.15) is 0 Å². The third kappa shape index (κ3) is 14.1. The van der Waals surface area contributed by atoms with E-state index in [2.05, 4.69) is 80.1 Å². The first-order valence-corrected chi connectivity index (χ1v) is 25.0. The molecule has 0 bridgehead atoms. The first kappa shape index (κ1) is 19.7. The van der Waals surface area contributed by atoms with Gasteiger partial charge in [-0.1, -0.05) is 0 Å². The molecule has 0 N–H and O–H groups in total. The van der Waals surface area contributed by atoms with Gasteiger partial charge in [-0.15, -0.1) is 0 Å². The van der Waals surface area contributed by atoms with Gasteiger partial charge >= 0.3 is 143 Å². The third-order valence-corrected chi connectivity index (χ3v) is 33.6. The fraction of sp³-hybridized carbons (Fsp3) is 1.00. The van der Waals surface area contributed by atoms with Crippen LogP contribution in [0.15, 0.2) is 0 Å². The van der Waals surface area contributed by atoms with Crippen LogP contribution in [0.5, 0.6) is 0 Å². The van der Waals surface area contributed by atoms with Crippen LogP contribution in [0.25, 0.3) is 0 Å². The van der Waals surface area contributed by atoms with E-state index < -0.39 is 0 Å². The Morgan fingerprint density at radius 3 is 1.88 bits per heavy atom. The molecule has 0 aromatic carbocycles. The molecule has 0 saturated heterocycles. The topological polar surface area (TPSA) is 0 Å². The minimum atomic E-state index is -0.168. The Morgan fingerprint density at radius 2 is 1.44 bits per heavy atom. The molecule has 0 aliphatic carbocycles. The van der Waals surface area contributed by atoms with E-state index in [0.717, 1.165) is 3.91 Å². The molecule has 0 saturated carbocycles. The summed E-state index contributed by atoms with van der Waals surface area (Å²) in [6.45, 7) is 6.84. The maximum atomic E-state index is 2.32. The van der Waals surface area contributed by atoms with Gasteiger partial charge in [0.25, 0.3) is 0 Å². The molecule has 4 radical (unpaired) electrons. The van der Waals surface area contributed by atoms with Crippen LogP contribution < -0.4 is 0 Å². The van der Waals surface area contributed by atoms with E-state index in [1.165, 1.54) is 22.3 Å². The molecular weight excluding hydrogens is 526 g/mol. The fourth-order valence-electron chi connectivity index (χ4n) is 0.544. The molecule has 94 valence electrons. The summed E-state index contributed by atoms with van der Waals surface area (Å²) < 4.78 is 0.885. The van der Waals surface area contributed by atoms with Gasteiger partial charge in [0.2, 0.25) is 0 Å². The molecule has 0 unspecified atom stereocenters. The second-order valence-corrected chi connectivity index (χ2v) is 28.0. The first-order chi connectivity index (χ1) is 7.85. The zero-order chi connectivity index (χ0) is 12.1. The predicted octanol–water partition coefficient (Wildman–Crippen LogP) is 4.75. The molecule has 0 aliphatic rings. The zero-order valence-electron chi connectivity index (χ0n) is 9.86. The Hall–Kier alpha value is 3.70. The number of hydrogen-bond acceptors (Lipinski definition) is 6. The van der Waals surface area contributed by atoms with E-state index >= 15 is 0 Å². The van der Waals surface area contributed by atoms with Crippen molar-refractivity contribution < 1.29 is 0 Å². The normalized spacial score (nSPS) is 11.2. The summed E-state index contributed by atoms with van der Waals surface area (Å²) in [5.41, 5.74) is 0. The van der Waals surface area contributed by atoms with Gasteiger partial charge in [-0.3, -0.25) is 0 Å². The second kappa shape index (κ2) is 16.8. The Morgan fingerprint density at radius 1 is 0.875 bits per heavy atom. The summed E-state index contributed by atoms with van der Waals surface area (Å²) in [6.07, 6.45) is 0. The van der Waals surface area contributed by atoms with E-state index in [0.29, 0.717) is 0 Å². The summed E-state index contributed by atoms with van der Waals surface area (Å²) >= 11 is 3.93. The Balaban J connectivity index is 3.58. The molecule has 0 aliphatic heterocycles. The molecule has 0 atom stereocenters. The van der Waals surface area contributed by atoms with Crippen molar-refractivity contribution in [2.45, 2.75) is 24.7 Å². The van der Waals surface area contributed by atoms with Crippen molar-refractivity contribution in [3.05, 3.63) is 0 Å². The SMILES string of the molecule is CCSCSC([S][Sn][S]CC)[S][Sn][S]CC. The van der Waals surface area contributed by atoms with E-state index in [4.69, 9.17) is 0 Å². The average molecular weight is 544 g/mol. The second-order valence-electron chi connectivity index (χ2n) is 2.33. The standard InChI is InChI=1S/C4H10S4.2C2H6S.2Sn/c1-2-7-3-8-4(5)6;2*1-2-3;;/h4-6H,2-3H2,1H3;2*3H,2H2,1H3;;/q;;;2*+2/p-4. The first-order valence-electron chi connectivity index (χ1n) is 5.09.